The Morgan fingerprint density at radius 2 is 1.90 bits per heavy atom. The monoisotopic (exact) mass is 562 g/mol. The molecule has 11 heteroatoms. The first kappa shape index (κ1) is 27.0. The summed E-state index contributed by atoms with van der Waals surface area (Å²) in [5.74, 6) is -0.264. The molecule has 6 rings (SSSR count). The Balaban J connectivity index is 1.37. The van der Waals surface area contributed by atoms with Crippen molar-refractivity contribution in [2.45, 2.75) is 18.8 Å². The maximum atomic E-state index is 12.8. The van der Waals surface area contributed by atoms with Gasteiger partial charge in [-0.3, -0.25) is 14.9 Å². The number of allylic oxidation sites excluding steroid dienone is 4. The van der Waals surface area contributed by atoms with Gasteiger partial charge >= 0.3 is 6.36 Å². The minimum absolute atomic E-state index is 0.0656. The third-order valence-electron chi connectivity index (χ3n) is 7.12. The van der Waals surface area contributed by atoms with E-state index in [9.17, 15) is 13.2 Å². The molecule has 0 spiro atoms. The normalized spacial score (nSPS) is 22.9. The van der Waals surface area contributed by atoms with Crippen LogP contribution in [0, 0.1) is 0 Å². The molecule has 2 aliphatic heterocycles. The number of pyridine rings is 1. The van der Waals surface area contributed by atoms with Crippen LogP contribution < -0.4 is 15.0 Å². The molecule has 0 saturated carbocycles. The number of benzene rings is 1. The predicted molar refractivity (Wildman–Crippen MR) is 151 cm³/mol. The molecular weight excluding hydrogens is 533 g/mol. The lowest BCUT2D eigenvalue weighted by Gasteiger charge is -2.44. The smallest absolute Gasteiger partial charge is 0.406 e. The number of aliphatic imine (C=N–C) groups is 2. The highest BCUT2D eigenvalue weighted by atomic mass is 19.4. The lowest BCUT2D eigenvalue weighted by atomic mass is 9.93. The van der Waals surface area contributed by atoms with Crippen molar-refractivity contribution in [3.8, 4) is 5.75 Å². The molecular formula is C30H29F3N6O2. The van der Waals surface area contributed by atoms with Gasteiger partial charge in [-0.25, -0.2) is 4.99 Å². The molecule has 1 N–H and O–H groups in total. The molecule has 41 heavy (non-hydrogen) atoms. The molecule has 8 nitrogen and oxygen atoms in total. The molecule has 212 valence electrons. The number of rotatable bonds is 6. The van der Waals surface area contributed by atoms with E-state index in [4.69, 9.17) is 14.7 Å². The summed E-state index contributed by atoms with van der Waals surface area (Å²) in [7, 11) is 0. The van der Waals surface area contributed by atoms with Crippen molar-refractivity contribution >= 4 is 22.8 Å². The minimum Gasteiger partial charge on any atom is -0.406 e. The molecule has 4 aliphatic rings. The Morgan fingerprint density at radius 3 is 2.66 bits per heavy atom. The maximum absolute atomic E-state index is 12.8. The fourth-order valence-corrected chi connectivity index (χ4v) is 5.21. The second-order valence-corrected chi connectivity index (χ2v) is 9.86. The van der Waals surface area contributed by atoms with Crippen molar-refractivity contribution in [3.63, 3.8) is 0 Å². The van der Waals surface area contributed by atoms with E-state index in [1.54, 1.807) is 24.5 Å². The van der Waals surface area contributed by atoms with E-state index in [2.05, 4.69) is 30.9 Å². The van der Waals surface area contributed by atoms with E-state index in [0.29, 0.717) is 17.9 Å². The highest BCUT2D eigenvalue weighted by Crippen LogP contribution is 2.38. The molecule has 0 radical (unpaired) electrons. The van der Waals surface area contributed by atoms with Gasteiger partial charge in [-0.05, 0) is 61.0 Å². The number of aromatic nitrogens is 1. The molecule has 1 aromatic carbocycles. The number of hydrogen-bond acceptors (Lipinski definition) is 8. The van der Waals surface area contributed by atoms with Crippen LogP contribution in [0.2, 0.25) is 0 Å². The zero-order valence-electron chi connectivity index (χ0n) is 22.2. The average molecular weight is 563 g/mol. The third kappa shape index (κ3) is 6.41. The van der Waals surface area contributed by atoms with Crippen molar-refractivity contribution in [2.24, 2.45) is 9.98 Å². The van der Waals surface area contributed by atoms with Crippen molar-refractivity contribution < 1.29 is 22.6 Å². The van der Waals surface area contributed by atoms with Gasteiger partial charge in [0.25, 0.3) is 0 Å². The quantitative estimate of drug-likeness (QED) is 0.504. The maximum Gasteiger partial charge on any atom is 0.573 e. The fraction of sp³-hybridized carbons (Fsp3) is 0.300. The van der Waals surface area contributed by atoms with Crippen molar-refractivity contribution in [1.29, 1.82) is 0 Å². The Hall–Kier alpha value is -4.22. The highest BCUT2D eigenvalue weighted by Gasteiger charge is 2.36. The van der Waals surface area contributed by atoms with E-state index >= 15 is 0 Å². The number of anilines is 1. The van der Waals surface area contributed by atoms with E-state index in [1.165, 1.54) is 12.1 Å². The van der Waals surface area contributed by atoms with Crippen LogP contribution in [0.3, 0.4) is 0 Å². The van der Waals surface area contributed by atoms with Crippen molar-refractivity contribution in [3.05, 3.63) is 96.3 Å². The standard InChI is InChI=1S/C30H29F3N6O2/c31-30(32,33)41-23-9-7-22(8-10-23)39-28-6-2-1-5-24(28)37-27-18-26(36-21-4-3-11-34-20-21)25(19-29(27)39)35-12-13-38-14-16-40-17-15-38/h1-5,7-11,18-20,28,37H,6,12-17H2. The van der Waals surface area contributed by atoms with Gasteiger partial charge in [-0.15, -0.1) is 13.2 Å². The number of nitrogens with zero attached hydrogens (tertiary/aromatic N) is 5. The topological polar surface area (TPSA) is 74.6 Å². The van der Waals surface area contributed by atoms with Gasteiger partial charge in [-0.2, -0.15) is 0 Å². The molecule has 2 fully saturated rings. The Kier molecular flexibility index (Phi) is 7.71. The summed E-state index contributed by atoms with van der Waals surface area (Å²) in [6.07, 6.45) is 9.45. The summed E-state index contributed by atoms with van der Waals surface area (Å²) < 4.78 is 47.9. The first-order valence-corrected chi connectivity index (χ1v) is 13.5. The second-order valence-electron chi connectivity index (χ2n) is 9.86. The van der Waals surface area contributed by atoms with E-state index in [-0.39, 0.29) is 11.8 Å². The number of halogens is 3. The van der Waals surface area contributed by atoms with Crippen molar-refractivity contribution in [1.82, 2.24) is 15.2 Å². The Morgan fingerprint density at radius 1 is 1.07 bits per heavy atom. The second kappa shape index (κ2) is 11.7. The lowest BCUT2D eigenvalue weighted by molar-refractivity contribution is -0.274. The van der Waals surface area contributed by atoms with Crippen LogP contribution in [0.4, 0.5) is 24.5 Å². The first-order chi connectivity index (χ1) is 19.9. The molecule has 0 amide bonds. The summed E-state index contributed by atoms with van der Waals surface area (Å²) >= 11 is 0. The van der Waals surface area contributed by atoms with Gasteiger partial charge in [0.05, 0.1) is 60.5 Å². The van der Waals surface area contributed by atoms with Gasteiger partial charge in [0.15, 0.2) is 0 Å². The molecule has 2 aromatic rings. The van der Waals surface area contributed by atoms with Gasteiger partial charge in [-0.1, -0.05) is 12.2 Å². The summed E-state index contributed by atoms with van der Waals surface area (Å²) in [4.78, 5) is 18.5. The molecule has 1 atom stereocenters. The Labute approximate surface area is 235 Å². The molecule has 2 saturated heterocycles. The number of hydrogen-bond donors (Lipinski definition) is 1. The SMILES string of the molecule is FC(F)(F)Oc1ccc(N2C3=CC(=NCCN4CCOCC4)C(=Nc4cccnc4)C=C3NC3=CC=CCC32)cc1. The summed E-state index contributed by atoms with van der Waals surface area (Å²) in [6.45, 7) is 4.59. The minimum atomic E-state index is -4.75. The lowest BCUT2D eigenvalue weighted by Crippen LogP contribution is -2.49. The van der Waals surface area contributed by atoms with Crippen LogP contribution in [0.15, 0.2) is 106 Å². The van der Waals surface area contributed by atoms with Gasteiger partial charge in [0.1, 0.15) is 5.75 Å². The summed E-state index contributed by atoms with van der Waals surface area (Å²) in [5, 5.41) is 3.56. The van der Waals surface area contributed by atoms with Crippen LogP contribution >= 0.6 is 0 Å². The number of alkyl halides is 3. The van der Waals surface area contributed by atoms with E-state index in [0.717, 1.165) is 67.8 Å². The Bertz CT molecular complexity index is 1440. The van der Waals surface area contributed by atoms with Crippen LogP contribution in [-0.2, 0) is 4.74 Å². The highest BCUT2D eigenvalue weighted by molar-refractivity contribution is 6.52. The number of piperazine rings is 1. The molecule has 0 bridgehead atoms. The summed E-state index contributed by atoms with van der Waals surface area (Å²) in [5.41, 5.74) is 5.55. The zero-order chi connectivity index (χ0) is 28.2. The van der Waals surface area contributed by atoms with Crippen molar-refractivity contribution in [2.75, 3.05) is 44.3 Å². The van der Waals surface area contributed by atoms with E-state index < -0.39 is 6.36 Å². The predicted octanol–water partition coefficient (Wildman–Crippen LogP) is 4.93. The summed E-state index contributed by atoms with van der Waals surface area (Å²) in [6, 6.07) is 9.63. The van der Waals surface area contributed by atoms with Gasteiger partial charge in [0.2, 0.25) is 0 Å². The number of fused-ring (bicyclic) bond motifs is 2. The number of morpholine rings is 1. The zero-order valence-corrected chi connectivity index (χ0v) is 22.2. The molecule has 1 unspecified atom stereocenters. The van der Waals surface area contributed by atoms with Crippen LogP contribution in [0.1, 0.15) is 6.42 Å². The van der Waals surface area contributed by atoms with Gasteiger partial charge < -0.3 is 19.7 Å². The largest absolute Gasteiger partial charge is 0.573 e. The molecule has 1 aromatic heterocycles. The van der Waals surface area contributed by atoms with E-state index in [1.807, 2.05) is 36.4 Å². The third-order valence-corrected chi connectivity index (χ3v) is 7.12. The molecule has 3 heterocycles. The number of ether oxygens (including phenoxy) is 2. The fourth-order valence-electron chi connectivity index (χ4n) is 5.21. The van der Waals surface area contributed by atoms with Crippen LogP contribution in [-0.4, -0.2) is 73.1 Å². The van der Waals surface area contributed by atoms with Crippen LogP contribution in [0.5, 0.6) is 5.75 Å². The van der Waals surface area contributed by atoms with Gasteiger partial charge in [0, 0.05) is 37.2 Å². The molecule has 2 aliphatic carbocycles. The first-order valence-electron chi connectivity index (χ1n) is 13.5. The average Bonchev–Trinajstić information content (AvgIpc) is 2.97. The van der Waals surface area contributed by atoms with Crippen LogP contribution in [0.25, 0.3) is 0 Å². The number of nitrogens with one attached hydrogen (secondary N) is 1.